The number of phenolic OH excluding ortho intramolecular Hbond substituents is 1. The number of nitrogens with zero attached hydrogens (tertiary/aromatic N) is 1. The van der Waals surface area contributed by atoms with Gasteiger partial charge in [-0.15, -0.1) is 0 Å². The number of allylic oxidation sites excluding steroid dienone is 2. The van der Waals surface area contributed by atoms with Crippen LogP contribution in [0.25, 0.3) is 6.08 Å². The van der Waals surface area contributed by atoms with Crippen molar-refractivity contribution >= 4 is 12.0 Å². The first-order valence-corrected chi connectivity index (χ1v) is 8.55. The fourth-order valence-electron chi connectivity index (χ4n) is 2.53. The Hall–Kier alpha value is -3.72. The molecule has 2 aromatic carbocycles. The van der Waals surface area contributed by atoms with Gasteiger partial charge in [0.1, 0.15) is 11.6 Å². The average Bonchev–Trinajstić information content (AvgIpc) is 2.70. The first-order chi connectivity index (χ1) is 13.5. The molecule has 0 bridgehead atoms. The summed E-state index contributed by atoms with van der Waals surface area (Å²) in [5.74, 6) is -0.0146. The quantitative estimate of drug-likeness (QED) is 0.437. The number of amides is 1. The van der Waals surface area contributed by atoms with Crippen molar-refractivity contribution in [2.75, 3.05) is 14.2 Å². The monoisotopic (exact) mass is 378 g/mol. The minimum Gasteiger partial charge on any atom is -0.502 e. The summed E-state index contributed by atoms with van der Waals surface area (Å²) in [4.78, 5) is 12.2. The Labute approximate surface area is 164 Å². The van der Waals surface area contributed by atoms with Gasteiger partial charge in [0.2, 0.25) is 5.75 Å². The van der Waals surface area contributed by atoms with Gasteiger partial charge in [0.25, 0.3) is 5.91 Å². The van der Waals surface area contributed by atoms with Crippen LogP contribution < -0.4 is 14.8 Å². The number of aryl methyl sites for hydroxylation is 1. The topological polar surface area (TPSA) is 91.6 Å². The van der Waals surface area contributed by atoms with Crippen LogP contribution in [0.2, 0.25) is 0 Å². The number of hydrogen-bond donors (Lipinski definition) is 2. The molecule has 2 aromatic rings. The second-order valence-corrected chi connectivity index (χ2v) is 6.00. The largest absolute Gasteiger partial charge is 0.502 e. The lowest BCUT2D eigenvalue weighted by molar-refractivity contribution is -0.117. The van der Waals surface area contributed by atoms with Crippen molar-refractivity contribution in [3.05, 3.63) is 70.8 Å². The van der Waals surface area contributed by atoms with Gasteiger partial charge in [-0.25, -0.2) is 0 Å². The van der Waals surface area contributed by atoms with E-state index in [9.17, 15) is 15.2 Å². The summed E-state index contributed by atoms with van der Waals surface area (Å²) in [7, 11) is 2.88. The zero-order valence-electron chi connectivity index (χ0n) is 16.0. The van der Waals surface area contributed by atoms with Crippen molar-refractivity contribution in [3.8, 4) is 23.3 Å². The number of rotatable bonds is 7. The third-order valence-corrected chi connectivity index (χ3v) is 3.95. The second kappa shape index (κ2) is 9.83. The highest BCUT2D eigenvalue weighted by Crippen LogP contribution is 2.37. The number of aromatic hydroxyl groups is 1. The molecule has 0 aromatic heterocycles. The Balaban J connectivity index is 2.10. The number of benzene rings is 2. The maximum absolute atomic E-state index is 12.2. The molecular weight excluding hydrogens is 356 g/mol. The predicted octanol–water partition coefficient (Wildman–Crippen LogP) is 3.50. The van der Waals surface area contributed by atoms with Gasteiger partial charge in [0.05, 0.1) is 14.2 Å². The smallest absolute Gasteiger partial charge is 0.262 e. The predicted molar refractivity (Wildman–Crippen MR) is 107 cm³/mol. The van der Waals surface area contributed by atoms with E-state index in [2.05, 4.69) is 5.32 Å². The van der Waals surface area contributed by atoms with Crippen molar-refractivity contribution in [3.63, 3.8) is 0 Å². The van der Waals surface area contributed by atoms with Gasteiger partial charge in [-0.1, -0.05) is 42.0 Å². The molecule has 0 unspecified atom stereocenters. The van der Waals surface area contributed by atoms with Gasteiger partial charge in [-0.2, -0.15) is 5.26 Å². The van der Waals surface area contributed by atoms with E-state index < -0.39 is 5.91 Å². The molecule has 6 heteroatoms. The molecule has 0 aliphatic carbocycles. The molecule has 0 spiro atoms. The van der Waals surface area contributed by atoms with Crippen LogP contribution in [-0.2, 0) is 11.3 Å². The molecule has 6 nitrogen and oxygen atoms in total. The normalized spacial score (nSPS) is 11.1. The minimum absolute atomic E-state index is 0.0124. The Morgan fingerprint density at radius 3 is 2.46 bits per heavy atom. The molecule has 0 saturated carbocycles. The number of ether oxygens (including phenoxy) is 2. The fraction of sp³-hybridized carbons (Fsp3) is 0.182. The van der Waals surface area contributed by atoms with Crippen LogP contribution in [0.5, 0.6) is 17.2 Å². The highest BCUT2D eigenvalue weighted by Gasteiger charge is 2.10. The number of nitriles is 1. The third-order valence-electron chi connectivity index (χ3n) is 3.95. The number of carbonyl (C=O) groups excluding carboxylic acids is 1. The highest BCUT2D eigenvalue weighted by molar-refractivity contribution is 5.97. The molecule has 144 valence electrons. The summed E-state index contributed by atoms with van der Waals surface area (Å²) < 4.78 is 10.2. The van der Waals surface area contributed by atoms with Crippen LogP contribution in [0, 0.1) is 18.3 Å². The lowest BCUT2D eigenvalue weighted by Crippen LogP contribution is -2.23. The Morgan fingerprint density at radius 2 is 1.89 bits per heavy atom. The lowest BCUT2D eigenvalue weighted by Gasteiger charge is -2.09. The lowest BCUT2D eigenvalue weighted by atomic mass is 10.1. The maximum atomic E-state index is 12.2. The van der Waals surface area contributed by atoms with Gasteiger partial charge in [-0.3, -0.25) is 4.79 Å². The fourth-order valence-corrected chi connectivity index (χ4v) is 2.53. The van der Waals surface area contributed by atoms with Gasteiger partial charge in [0, 0.05) is 6.54 Å². The van der Waals surface area contributed by atoms with E-state index in [1.807, 2.05) is 37.3 Å². The first-order valence-electron chi connectivity index (χ1n) is 8.55. The molecule has 0 radical (unpaired) electrons. The number of carbonyl (C=O) groups is 1. The zero-order valence-corrected chi connectivity index (χ0v) is 16.0. The minimum atomic E-state index is -0.450. The third kappa shape index (κ3) is 5.39. The summed E-state index contributed by atoms with van der Waals surface area (Å²) in [6, 6.07) is 12.9. The van der Waals surface area contributed by atoms with E-state index in [4.69, 9.17) is 9.47 Å². The van der Waals surface area contributed by atoms with Gasteiger partial charge in [0.15, 0.2) is 11.5 Å². The molecule has 0 aliphatic rings. The molecule has 0 fully saturated rings. The van der Waals surface area contributed by atoms with E-state index >= 15 is 0 Å². The van der Waals surface area contributed by atoms with Crippen molar-refractivity contribution in [1.29, 1.82) is 5.26 Å². The van der Waals surface area contributed by atoms with E-state index in [1.165, 1.54) is 20.3 Å². The van der Waals surface area contributed by atoms with E-state index in [-0.39, 0.29) is 22.8 Å². The summed E-state index contributed by atoms with van der Waals surface area (Å²) in [6.07, 6.45) is 4.68. The number of phenols is 1. The average molecular weight is 378 g/mol. The summed E-state index contributed by atoms with van der Waals surface area (Å²) in [5.41, 5.74) is 2.73. The molecule has 1 amide bonds. The van der Waals surface area contributed by atoms with Crippen molar-refractivity contribution < 1.29 is 19.4 Å². The van der Waals surface area contributed by atoms with Gasteiger partial charge in [-0.05, 0) is 36.3 Å². The standard InChI is InChI=1S/C22H22N2O4/c1-15-6-4-8-17(10-15)14-24-22(26)18(13-23)9-5-7-16-11-19(27-2)21(25)20(12-16)28-3/h4-12,25H,14H2,1-3H3,(H,24,26)/b7-5+,18-9+. The first kappa shape index (κ1) is 20.6. The summed E-state index contributed by atoms with van der Waals surface area (Å²) >= 11 is 0. The summed E-state index contributed by atoms with van der Waals surface area (Å²) in [6.45, 7) is 2.32. The van der Waals surface area contributed by atoms with Crippen LogP contribution in [-0.4, -0.2) is 25.2 Å². The molecule has 0 saturated heterocycles. The van der Waals surface area contributed by atoms with Gasteiger partial charge < -0.3 is 19.9 Å². The van der Waals surface area contributed by atoms with Gasteiger partial charge >= 0.3 is 0 Å². The SMILES string of the molecule is COc1cc(/C=C/C=C(\C#N)C(=O)NCc2cccc(C)c2)cc(OC)c1O. The molecule has 0 atom stereocenters. The van der Waals surface area contributed by atoms with Crippen LogP contribution in [0.15, 0.2) is 54.1 Å². The zero-order chi connectivity index (χ0) is 20.5. The van der Waals surface area contributed by atoms with E-state index in [0.29, 0.717) is 12.1 Å². The molecule has 0 heterocycles. The summed E-state index contributed by atoms with van der Waals surface area (Å²) in [5, 5.41) is 21.9. The number of methoxy groups -OCH3 is 2. The number of hydrogen-bond acceptors (Lipinski definition) is 5. The molecule has 28 heavy (non-hydrogen) atoms. The highest BCUT2D eigenvalue weighted by atomic mass is 16.5. The second-order valence-electron chi connectivity index (χ2n) is 6.00. The van der Waals surface area contributed by atoms with E-state index in [0.717, 1.165) is 11.1 Å². The maximum Gasteiger partial charge on any atom is 0.262 e. The number of nitrogens with one attached hydrogen (secondary N) is 1. The van der Waals surface area contributed by atoms with Crippen molar-refractivity contribution in [2.45, 2.75) is 13.5 Å². The van der Waals surface area contributed by atoms with Crippen LogP contribution in [0.4, 0.5) is 0 Å². The molecule has 2 N–H and O–H groups in total. The Kier molecular flexibility index (Phi) is 7.23. The Bertz CT molecular complexity index is 930. The van der Waals surface area contributed by atoms with Crippen molar-refractivity contribution in [1.82, 2.24) is 5.32 Å². The van der Waals surface area contributed by atoms with Crippen molar-refractivity contribution in [2.24, 2.45) is 0 Å². The van der Waals surface area contributed by atoms with Crippen LogP contribution >= 0.6 is 0 Å². The Morgan fingerprint density at radius 1 is 1.21 bits per heavy atom. The van der Waals surface area contributed by atoms with Crippen LogP contribution in [0.1, 0.15) is 16.7 Å². The van der Waals surface area contributed by atoms with E-state index in [1.54, 1.807) is 24.3 Å². The molecular formula is C22H22N2O4. The molecule has 0 aliphatic heterocycles. The van der Waals surface area contributed by atoms with Crippen LogP contribution in [0.3, 0.4) is 0 Å². The molecule has 2 rings (SSSR count).